The molecule has 7 heteroatoms. The number of rotatable bonds is 9. The van der Waals surface area contributed by atoms with Gasteiger partial charge in [0.05, 0.1) is 19.4 Å². The second-order valence-corrected chi connectivity index (χ2v) is 16.2. The van der Waals surface area contributed by atoms with Crippen LogP contribution in [0.3, 0.4) is 0 Å². The quantitative estimate of drug-likeness (QED) is 0.178. The molecule has 0 unspecified atom stereocenters. The molecular weight excluding hydrogens is 565 g/mol. The molecule has 1 aromatic heterocycles. The molecule has 0 spiro atoms. The van der Waals surface area contributed by atoms with Crippen molar-refractivity contribution in [2.75, 3.05) is 25.6 Å². The molecule has 6 rings (SSSR count). The lowest BCUT2D eigenvalue weighted by Crippen LogP contribution is -2.66. The summed E-state index contributed by atoms with van der Waals surface area (Å²) in [5.41, 5.74) is 4.40. The van der Waals surface area contributed by atoms with Gasteiger partial charge in [0, 0.05) is 11.3 Å². The monoisotopic (exact) mass is 602 g/mol. The topological polar surface area (TPSA) is 61.8 Å². The number of aromatic nitrogens is 1. The fraction of sp³-hybridized carbons (Fsp3) is 0.216. The van der Waals surface area contributed by atoms with Gasteiger partial charge in [-0.2, -0.15) is 0 Å². The Kier molecular flexibility index (Phi) is 8.42. The molecule has 1 aliphatic rings. The first-order valence-electron chi connectivity index (χ1n) is 14.9. The van der Waals surface area contributed by atoms with Crippen LogP contribution in [0.4, 0.5) is 11.4 Å². The van der Waals surface area contributed by atoms with E-state index < -0.39 is 8.32 Å². The van der Waals surface area contributed by atoms with E-state index in [0.29, 0.717) is 31.5 Å². The van der Waals surface area contributed by atoms with E-state index in [0.717, 1.165) is 33.9 Å². The maximum absolute atomic E-state index is 7.16. The zero-order chi connectivity index (χ0) is 30.6. The summed E-state index contributed by atoms with van der Waals surface area (Å²) >= 11 is 0. The standard InChI is InChI=1S/C37H38N2O4Si/c1-37(2,3)44(29-15-7-5-8-16-29,30-17-9-6-10-18-30)43-26-27-13-11-14-28(25-27)38-33-22-21-32(39-36(33)40-4)31-19-12-20-34-35(31)42-24-23-41-34/h5-22,25,38H,23-24,26H2,1-4H3. The van der Waals surface area contributed by atoms with Gasteiger partial charge in [-0.25, -0.2) is 4.98 Å². The maximum atomic E-state index is 7.16. The van der Waals surface area contributed by atoms with E-state index in [9.17, 15) is 0 Å². The lowest BCUT2D eigenvalue weighted by molar-refractivity contribution is 0.172. The summed E-state index contributed by atoms with van der Waals surface area (Å²) in [7, 11) is -1.03. The fourth-order valence-electron chi connectivity index (χ4n) is 5.96. The lowest BCUT2D eigenvalue weighted by atomic mass is 10.1. The van der Waals surface area contributed by atoms with E-state index in [-0.39, 0.29) is 5.04 Å². The molecule has 0 aliphatic carbocycles. The molecule has 4 aromatic carbocycles. The summed E-state index contributed by atoms with van der Waals surface area (Å²) < 4.78 is 24.6. The second-order valence-electron chi connectivity index (χ2n) is 11.9. The van der Waals surface area contributed by atoms with Crippen LogP contribution in [0.2, 0.25) is 5.04 Å². The fourth-order valence-corrected chi connectivity index (χ4v) is 10.5. The number of hydrogen-bond acceptors (Lipinski definition) is 6. The number of fused-ring (bicyclic) bond motifs is 1. The Morgan fingerprint density at radius 2 is 1.45 bits per heavy atom. The van der Waals surface area contributed by atoms with Gasteiger partial charge in [0.1, 0.15) is 18.9 Å². The smallest absolute Gasteiger partial charge is 0.261 e. The molecule has 0 fully saturated rings. The summed E-state index contributed by atoms with van der Waals surface area (Å²) in [6.07, 6.45) is 0. The van der Waals surface area contributed by atoms with Gasteiger partial charge in [-0.15, -0.1) is 0 Å². The number of benzene rings is 4. The van der Waals surface area contributed by atoms with Gasteiger partial charge in [-0.05, 0) is 57.4 Å². The number of hydrogen-bond donors (Lipinski definition) is 1. The van der Waals surface area contributed by atoms with Crippen LogP contribution in [-0.4, -0.2) is 33.6 Å². The third kappa shape index (κ3) is 5.81. The summed E-state index contributed by atoms with van der Waals surface area (Å²) in [5, 5.41) is 5.94. The SMILES string of the molecule is COc1nc(-c2cccc3c2OCCO3)ccc1Nc1cccc(CO[Si](c2ccccc2)(c2ccccc2)C(C)(C)C)c1. The van der Waals surface area contributed by atoms with Crippen LogP contribution >= 0.6 is 0 Å². The molecule has 0 bridgehead atoms. The second kappa shape index (κ2) is 12.6. The third-order valence-electron chi connectivity index (χ3n) is 7.97. The molecule has 0 atom stereocenters. The summed E-state index contributed by atoms with van der Waals surface area (Å²) in [6, 6.07) is 39.6. The van der Waals surface area contributed by atoms with E-state index in [2.05, 4.69) is 98.9 Å². The summed E-state index contributed by atoms with van der Waals surface area (Å²) in [5.74, 6) is 1.93. The molecule has 0 radical (unpaired) electrons. The molecule has 44 heavy (non-hydrogen) atoms. The van der Waals surface area contributed by atoms with Crippen molar-refractivity contribution in [2.45, 2.75) is 32.4 Å². The predicted octanol–water partition coefficient (Wildman–Crippen LogP) is 7.35. The Bertz CT molecular complexity index is 1680. The van der Waals surface area contributed by atoms with Gasteiger partial charge in [-0.3, -0.25) is 0 Å². The maximum Gasteiger partial charge on any atom is 0.261 e. The number of nitrogens with zero attached hydrogens (tertiary/aromatic N) is 1. The zero-order valence-corrected chi connectivity index (χ0v) is 26.7. The van der Waals surface area contributed by atoms with Crippen LogP contribution in [0, 0.1) is 0 Å². The minimum absolute atomic E-state index is 0.0957. The van der Waals surface area contributed by atoms with Gasteiger partial charge >= 0.3 is 0 Å². The van der Waals surface area contributed by atoms with E-state index in [1.165, 1.54) is 10.4 Å². The van der Waals surface area contributed by atoms with Gasteiger partial charge < -0.3 is 24.0 Å². The highest BCUT2D eigenvalue weighted by Gasteiger charge is 2.50. The van der Waals surface area contributed by atoms with Crippen molar-refractivity contribution >= 4 is 30.1 Å². The Morgan fingerprint density at radius 1 is 0.773 bits per heavy atom. The van der Waals surface area contributed by atoms with Crippen LogP contribution in [0.25, 0.3) is 11.3 Å². The Labute approximate surface area is 260 Å². The van der Waals surface area contributed by atoms with Gasteiger partial charge in [0.15, 0.2) is 11.5 Å². The largest absolute Gasteiger partial charge is 0.486 e. The first-order valence-corrected chi connectivity index (χ1v) is 16.8. The number of anilines is 2. The Hall–Kier alpha value is -4.59. The van der Waals surface area contributed by atoms with Gasteiger partial charge in [0.25, 0.3) is 8.32 Å². The van der Waals surface area contributed by atoms with Crippen molar-refractivity contribution in [1.29, 1.82) is 0 Å². The van der Waals surface area contributed by atoms with Crippen LogP contribution in [0.1, 0.15) is 26.3 Å². The Balaban J connectivity index is 1.27. The number of ether oxygens (including phenoxy) is 3. The van der Waals surface area contributed by atoms with Crippen LogP contribution in [0.15, 0.2) is 115 Å². The molecule has 0 saturated carbocycles. The molecule has 5 aromatic rings. The third-order valence-corrected chi connectivity index (χ3v) is 13.0. The molecule has 0 saturated heterocycles. The van der Waals surface area contributed by atoms with E-state index in [4.69, 9.17) is 23.6 Å². The minimum atomic E-state index is -2.66. The molecule has 2 heterocycles. The average molecular weight is 603 g/mol. The molecule has 224 valence electrons. The number of pyridine rings is 1. The first-order chi connectivity index (χ1) is 21.4. The van der Waals surface area contributed by atoms with E-state index in [1.54, 1.807) is 7.11 Å². The van der Waals surface area contributed by atoms with E-state index in [1.807, 2.05) is 42.5 Å². The number of methoxy groups -OCH3 is 1. The van der Waals surface area contributed by atoms with Crippen LogP contribution in [0.5, 0.6) is 17.4 Å². The van der Waals surface area contributed by atoms with Gasteiger partial charge in [0.2, 0.25) is 5.88 Å². The van der Waals surface area contributed by atoms with Crippen molar-refractivity contribution in [3.8, 4) is 28.6 Å². The summed E-state index contributed by atoms with van der Waals surface area (Å²) in [6.45, 7) is 8.42. The van der Waals surface area contributed by atoms with Crippen molar-refractivity contribution in [1.82, 2.24) is 4.98 Å². The highest BCUT2D eigenvalue weighted by molar-refractivity contribution is 6.99. The predicted molar refractivity (Wildman–Crippen MR) is 179 cm³/mol. The number of para-hydroxylation sites is 1. The molecule has 1 N–H and O–H groups in total. The first kappa shape index (κ1) is 29.5. The van der Waals surface area contributed by atoms with Gasteiger partial charge in [-0.1, -0.05) is 99.6 Å². The number of nitrogens with one attached hydrogen (secondary N) is 1. The average Bonchev–Trinajstić information content (AvgIpc) is 3.05. The van der Waals surface area contributed by atoms with Crippen molar-refractivity contribution in [3.63, 3.8) is 0 Å². The zero-order valence-electron chi connectivity index (χ0n) is 25.7. The molecule has 0 amide bonds. The van der Waals surface area contributed by atoms with E-state index >= 15 is 0 Å². The normalized spacial score (nSPS) is 12.9. The van der Waals surface area contributed by atoms with Crippen molar-refractivity contribution in [2.24, 2.45) is 0 Å². The highest BCUT2D eigenvalue weighted by atomic mass is 28.4. The summed E-state index contributed by atoms with van der Waals surface area (Å²) in [4.78, 5) is 4.81. The molecule has 1 aliphatic heterocycles. The minimum Gasteiger partial charge on any atom is -0.486 e. The van der Waals surface area contributed by atoms with Crippen molar-refractivity contribution < 1.29 is 18.6 Å². The van der Waals surface area contributed by atoms with Crippen LogP contribution in [-0.2, 0) is 11.0 Å². The Morgan fingerprint density at radius 3 is 2.14 bits per heavy atom. The lowest BCUT2D eigenvalue weighted by Gasteiger charge is -2.43. The van der Waals surface area contributed by atoms with Crippen LogP contribution < -0.4 is 29.9 Å². The highest BCUT2D eigenvalue weighted by Crippen LogP contribution is 2.41. The molecule has 6 nitrogen and oxygen atoms in total. The molecular formula is C37H38N2O4Si. The van der Waals surface area contributed by atoms with Crippen molar-refractivity contribution in [3.05, 3.63) is 121 Å².